The van der Waals surface area contributed by atoms with E-state index in [1.807, 2.05) is 0 Å². The molecule has 1 aromatic heterocycles. The summed E-state index contributed by atoms with van der Waals surface area (Å²) in [7, 11) is 1.63. The quantitative estimate of drug-likeness (QED) is 0.923. The normalized spacial score (nSPS) is 14.1. The van der Waals surface area contributed by atoms with E-state index in [9.17, 15) is 13.2 Å². The number of hydrogen-bond acceptors (Lipinski definition) is 2. The molecule has 3 nitrogen and oxygen atoms in total. The lowest BCUT2D eigenvalue weighted by Crippen LogP contribution is -2.31. The highest BCUT2D eigenvalue weighted by molar-refractivity contribution is 9.10. The van der Waals surface area contributed by atoms with Crippen LogP contribution in [0.5, 0.6) is 0 Å². The SMILES string of the molecule is Cn1c(CC(O)C(F)(F)F)nc2cc(Br)ccc21. The summed E-state index contributed by atoms with van der Waals surface area (Å²) >= 11 is 3.27. The number of rotatable bonds is 2. The Balaban J connectivity index is 2.37. The van der Waals surface area contributed by atoms with Crippen LogP contribution in [0.4, 0.5) is 13.2 Å². The van der Waals surface area contributed by atoms with Gasteiger partial charge in [0.1, 0.15) is 5.82 Å². The van der Waals surface area contributed by atoms with Gasteiger partial charge in [-0.05, 0) is 18.2 Å². The van der Waals surface area contributed by atoms with Gasteiger partial charge in [0.15, 0.2) is 6.10 Å². The molecule has 0 aliphatic carbocycles. The highest BCUT2D eigenvalue weighted by Crippen LogP contribution is 2.25. The molecule has 7 heteroatoms. The molecular weight excluding hydrogens is 313 g/mol. The van der Waals surface area contributed by atoms with Gasteiger partial charge in [-0.15, -0.1) is 0 Å². The van der Waals surface area contributed by atoms with Crippen LogP contribution >= 0.6 is 15.9 Å². The number of hydrogen-bond donors (Lipinski definition) is 1. The van der Waals surface area contributed by atoms with Crippen molar-refractivity contribution < 1.29 is 18.3 Å². The fourth-order valence-electron chi connectivity index (χ4n) is 1.69. The molecule has 0 aliphatic heterocycles. The monoisotopic (exact) mass is 322 g/mol. The molecule has 18 heavy (non-hydrogen) atoms. The Morgan fingerprint density at radius 1 is 1.44 bits per heavy atom. The molecule has 0 saturated heterocycles. The predicted octanol–water partition coefficient (Wildman–Crippen LogP) is 2.80. The fourth-order valence-corrected chi connectivity index (χ4v) is 2.04. The average molecular weight is 323 g/mol. The van der Waals surface area contributed by atoms with E-state index in [1.54, 1.807) is 29.8 Å². The van der Waals surface area contributed by atoms with Crippen LogP contribution in [0.1, 0.15) is 5.82 Å². The third-order valence-corrected chi connectivity index (χ3v) is 3.18. The predicted molar refractivity (Wildman–Crippen MR) is 64.2 cm³/mol. The molecule has 0 aliphatic rings. The van der Waals surface area contributed by atoms with E-state index in [0.717, 1.165) is 9.99 Å². The fraction of sp³-hybridized carbons (Fsp3) is 0.364. The summed E-state index contributed by atoms with van der Waals surface area (Å²) in [6.07, 6.45) is -7.57. The molecule has 2 rings (SSSR count). The molecule has 0 radical (unpaired) electrons. The van der Waals surface area contributed by atoms with Crippen molar-refractivity contribution in [2.45, 2.75) is 18.7 Å². The van der Waals surface area contributed by atoms with Gasteiger partial charge in [0.2, 0.25) is 0 Å². The number of halogens is 4. The van der Waals surface area contributed by atoms with Crippen molar-refractivity contribution in [3.05, 3.63) is 28.5 Å². The second-order valence-electron chi connectivity index (χ2n) is 3.98. The molecule has 1 N–H and O–H groups in total. The standard InChI is InChI=1S/C11H10BrF3N2O/c1-17-8-3-2-6(12)4-7(8)16-10(17)5-9(18)11(13,14)15/h2-4,9,18H,5H2,1H3. The van der Waals surface area contributed by atoms with Crippen molar-refractivity contribution in [2.24, 2.45) is 7.05 Å². The van der Waals surface area contributed by atoms with E-state index in [2.05, 4.69) is 20.9 Å². The Labute approximate surface area is 109 Å². The first-order valence-electron chi connectivity index (χ1n) is 5.14. The van der Waals surface area contributed by atoms with Gasteiger partial charge in [-0.25, -0.2) is 4.98 Å². The zero-order valence-electron chi connectivity index (χ0n) is 9.37. The smallest absolute Gasteiger partial charge is 0.383 e. The van der Waals surface area contributed by atoms with Crippen molar-refractivity contribution in [1.29, 1.82) is 0 Å². The van der Waals surface area contributed by atoms with Crippen LogP contribution in [0.3, 0.4) is 0 Å². The largest absolute Gasteiger partial charge is 0.414 e. The van der Waals surface area contributed by atoms with Crippen LogP contribution in [0, 0.1) is 0 Å². The van der Waals surface area contributed by atoms with Gasteiger partial charge in [-0.1, -0.05) is 15.9 Å². The van der Waals surface area contributed by atoms with Gasteiger partial charge in [-0.2, -0.15) is 13.2 Å². The maximum atomic E-state index is 12.3. The zero-order valence-corrected chi connectivity index (χ0v) is 11.0. The summed E-state index contributed by atoms with van der Waals surface area (Å²) in [6, 6.07) is 5.27. The van der Waals surface area contributed by atoms with Crippen LogP contribution in [0.15, 0.2) is 22.7 Å². The summed E-state index contributed by atoms with van der Waals surface area (Å²) in [4.78, 5) is 4.10. The van der Waals surface area contributed by atoms with E-state index >= 15 is 0 Å². The summed E-state index contributed by atoms with van der Waals surface area (Å²) in [6.45, 7) is 0. The highest BCUT2D eigenvalue weighted by Gasteiger charge is 2.38. The Morgan fingerprint density at radius 3 is 2.72 bits per heavy atom. The molecule has 0 fully saturated rings. The third-order valence-electron chi connectivity index (χ3n) is 2.69. The lowest BCUT2D eigenvalue weighted by Gasteiger charge is -2.13. The van der Waals surface area contributed by atoms with Gasteiger partial charge >= 0.3 is 6.18 Å². The molecular formula is C11H10BrF3N2O. The molecule has 98 valence electrons. The third kappa shape index (κ3) is 2.51. The number of imidazole rings is 1. The molecule has 0 amide bonds. The first-order valence-corrected chi connectivity index (χ1v) is 5.94. The van der Waals surface area contributed by atoms with Crippen LogP contribution in [-0.2, 0) is 13.5 Å². The first kappa shape index (κ1) is 13.4. The summed E-state index contributed by atoms with van der Waals surface area (Å²) in [5.74, 6) is 0.202. The number of aliphatic hydroxyl groups excluding tert-OH is 1. The lowest BCUT2D eigenvalue weighted by atomic mass is 10.2. The Bertz CT molecular complexity index is 579. The van der Waals surface area contributed by atoms with Crippen molar-refractivity contribution >= 4 is 27.0 Å². The van der Waals surface area contributed by atoms with Gasteiger partial charge in [0, 0.05) is 17.9 Å². The van der Waals surface area contributed by atoms with Gasteiger partial charge in [-0.3, -0.25) is 0 Å². The maximum absolute atomic E-state index is 12.3. The van der Waals surface area contributed by atoms with Crippen LogP contribution in [0.2, 0.25) is 0 Å². The van der Waals surface area contributed by atoms with Crippen molar-refractivity contribution in [2.75, 3.05) is 0 Å². The van der Waals surface area contributed by atoms with Crippen molar-refractivity contribution in [1.82, 2.24) is 9.55 Å². The molecule has 1 atom stereocenters. The van der Waals surface area contributed by atoms with E-state index < -0.39 is 18.7 Å². The molecule has 0 saturated carbocycles. The molecule has 0 spiro atoms. The number of aliphatic hydroxyl groups is 1. The summed E-state index contributed by atoms with van der Waals surface area (Å²) < 4.78 is 39.2. The Morgan fingerprint density at radius 2 is 2.11 bits per heavy atom. The second kappa shape index (κ2) is 4.55. The number of fused-ring (bicyclic) bond motifs is 1. The topological polar surface area (TPSA) is 38.0 Å². The maximum Gasteiger partial charge on any atom is 0.414 e. The van der Waals surface area contributed by atoms with E-state index in [4.69, 9.17) is 5.11 Å². The Kier molecular flexibility index (Phi) is 3.37. The molecule has 1 heterocycles. The minimum Gasteiger partial charge on any atom is -0.383 e. The van der Waals surface area contributed by atoms with Crippen LogP contribution in [-0.4, -0.2) is 26.9 Å². The van der Waals surface area contributed by atoms with Gasteiger partial charge < -0.3 is 9.67 Å². The van der Waals surface area contributed by atoms with Crippen molar-refractivity contribution in [3.8, 4) is 0 Å². The van der Waals surface area contributed by atoms with Gasteiger partial charge in [0.05, 0.1) is 11.0 Å². The number of nitrogens with zero attached hydrogens (tertiary/aromatic N) is 2. The molecule has 0 bridgehead atoms. The van der Waals surface area contributed by atoms with Gasteiger partial charge in [0.25, 0.3) is 0 Å². The first-order chi connectivity index (χ1) is 8.29. The number of benzene rings is 1. The number of aryl methyl sites for hydroxylation is 1. The second-order valence-corrected chi connectivity index (χ2v) is 4.90. The van der Waals surface area contributed by atoms with E-state index in [-0.39, 0.29) is 5.82 Å². The lowest BCUT2D eigenvalue weighted by molar-refractivity contribution is -0.203. The van der Waals surface area contributed by atoms with E-state index in [1.165, 1.54) is 0 Å². The Hall–Kier alpha value is -1.08. The molecule has 1 aromatic carbocycles. The number of alkyl halides is 3. The highest BCUT2D eigenvalue weighted by atomic mass is 79.9. The minimum absolute atomic E-state index is 0.202. The molecule has 2 aromatic rings. The molecule has 1 unspecified atom stereocenters. The average Bonchev–Trinajstić information content (AvgIpc) is 2.54. The zero-order chi connectivity index (χ0) is 13.5. The minimum atomic E-state index is -4.63. The summed E-state index contributed by atoms with van der Waals surface area (Å²) in [5.41, 5.74) is 1.32. The number of aromatic nitrogens is 2. The van der Waals surface area contributed by atoms with Crippen molar-refractivity contribution in [3.63, 3.8) is 0 Å². The van der Waals surface area contributed by atoms with Crippen LogP contribution < -0.4 is 0 Å². The summed E-state index contributed by atoms with van der Waals surface area (Å²) in [5, 5.41) is 9.06. The van der Waals surface area contributed by atoms with Crippen LogP contribution in [0.25, 0.3) is 11.0 Å². The van der Waals surface area contributed by atoms with E-state index in [0.29, 0.717) is 5.52 Å².